The van der Waals surface area contributed by atoms with Gasteiger partial charge in [-0.15, -0.1) is 0 Å². The summed E-state index contributed by atoms with van der Waals surface area (Å²) in [4.78, 5) is 39.7. The Morgan fingerprint density at radius 1 is 0.944 bits per heavy atom. The summed E-state index contributed by atoms with van der Waals surface area (Å²) in [5.74, 6) is -0.475. The third-order valence-electron chi connectivity index (χ3n) is 6.15. The van der Waals surface area contributed by atoms with E-state index in [1.165, 1.54) is 0 Å². The van der Waals surface area contributed by atoms with Gasteiger partial charge in [0.2, 0.25) is 5.91 Å². The zero-order chi connectivity index (χ0) is 25.5. The molecule has 0 aromatic heterocycles. The quantitative estimate of drug-likeness (QED) is 0.485. The molecule has 3 aromatic carbocycles. The van der Waals surface area contributed by atoms with E-state index in [1.54, 1.807) is 41.3 Å². The molecule has 7 nitrogen and oxygen atoms in total. The van der Waals surface area contributed by atoms with E-state index in [2.05, 4.69) is 5.32 Å². The van der Waals surface area contributed by atoms with Crippen LogP contribution in [0.3, 0.4) is 0 Å². The van der Waals surface area contributed by atoms with Gasteiger partial charge in [0, 0.05) is 48.5 Å². The van der Waals surface area contributed by atoms with E-state index in [9.17, 15) is 14.4 Å². The third kappa shape index (κ3) is 6.64. The molecule has 0 bridgehead atoms. The summed E-state index contributed by atoms with van der Waals surface area (Å²) in [7, 11) is 0. The summed E-state index contributed by atoms with van der Waals surface area (Å²) in [5.41, 5.74) is 7.11. The van der Waals surface area contributed by atoms with Crippen LogP contribution in [0.15, 0.2) is 78.9 Å². The van der Waals surface area contributed by atoms with Gasteiger partial charge in [0.1, 0.15) is 17.9 Å². The number of nitrogens with zero attached hydrogens (tertiary/aromatic N) is 1. The van der Waals surface area contributed by atoms with E-state index in [1.807, 2.05) is 42.5 Å². The van der Waals surface area contributed by atoms with Crippen LogP contribution in [0.4, 0.5) is 0 Å². The average Bonchev–Trinajstić information content (AvgIpc) is 2.90. The number of nitrogens with one attached hydrogen (secondary N) is 1. The minimum Gasteiger partial charge on any atom is -0.490 e. The summed E-state index contributed by atoms with van der Waals surface area (Å²) in [5, 5.41) is 3.35. The van der Waals surface area contributed by atoms with Gasteiger partial charge in [0.15, 0.2) is 0 Å². The maximum atomic E-state index is 13.1. The van der Waals surface area contributed by atoms with E-state index in [4.69, 9.17) is 22.1 Å². The van der Waals surface area contributed by atoms with Crippen LogP contribution < -0.4 is 15.8 Å². The van der Waals surface area contributed by atoms with Crippen LogP contribution in [0.25, 0.3) is 0 Å². The Labute approximate surface area is 215 Å². The van der Waals surface area contributed by atoms with E-state index in [0.717, 1.165) is 11.3 Å². The van der Waals surface area contributed by atoms with Crippen molar-refractivity contribution in [2.24, 2.45) is 5.73 Å². The van der Waals surface area contributed by atoms with Gasteiger partial charge in [0.25, 0.3) is 11.8 Å². The summed E-state index contributed by atoms with van der Waals surface area (Å²) in [6, 6.07) is 22.2. The lowest BCUT2D eigenvalue weighted by Gasteiger charge is -2.32. The predicted octanol–water partition coefficient (Wildman–Crippen LogP) is 3.85. The summed E-state index contributed by atoms with van der Waals surface area (Å²) >= 11 is 5.92. The number of hydrogen-bond donors (Lipinski definition) is 2. The Morgan fingerprint density at radius 3 is 2.28 bits per heavy atom. The highest BCUT2D eigenvalue weighted by Gasteiger charge is 2.26. The second kappa shape index (κ2) is 11.7. The van der Waals surface area contributed by atoms with Crippen LogP contribution in [0.2, 0.25) is 5.02 Å². The van der Waals surface area contributed by atoms with Crippen molar-refractivity contribution in [2.45, 2.75) is 31.4 Å². The Bertz CT molecular complexity index is 1210. The fraction of sp³-hybridized carbons (Fsp3) is 0.250. The number of ether oxygens (including phenoxy) is 1. The smallest absolute Gasteiger partial charge is 0.253 e. The Morgan fingerprint density at radius 2 is 1.61 bits per heavy atom. The van der Waals surface area contributed by atoms with Gasteiger partial charge < -0.3 is 20.7 Å². The molecule has 1 saturated heterocycles. The zero-order valence-corrected chi connectivity index (χ0v) is 20.5. The summed E-state index contributed by atoms with van der Waals surface area (Å²) in [6.45, 7) is 1.10. The molecular formula is C28H28ClN3O4. The fourth-order valence-corrected chi connectivity index (χ4v) is 4.30. The number of carbonyl (C=O) groups excluding carboxylic acids is 3. The topological polar surface area (TPSA) is 102 Å². The molecule has 3 N–H and O–H groups in total. The number of hydrogen-bond acceptors (Lipinski definition) is 4. The lowest BCUT2D eigenvalue weighted by molar-refractivity contribution is -0.119. The minimum atomic E-state index is -0.862. The molecule has 186 valence electrons. The summed E-state index contributed by atoms with van der Waals surface area (Å²) in [6.07, 6.45) is 1.71. The lowest BCUT2D eigenvalue weighted by atomic mass is 10.0. The second-order valence-electron chi connectivity index (χ2n) is 8.76. The van der Waals surface area contributed by atoms with E-state index in [-0.39, 0.29) is 18.4 Å². The highest BCUT2D eigenvalue weighted by atomic mass is 35.5. The van der Waals surface area contributed by atoms with Crippen molar-refractivity contribution in [3.8, 4) is 5.75 Å². The molecule has 0 saturated carbocycles. The molecule has 36 heavy (non-hydrogen) atoms. The molecular weight excluding hydrogens is 478 g/mol. The number of halogens is 1. The first-order valence-corrected chi connectivity index (χ1v) is 12.2. The minimum absolute atomic E-state index is 0.0164. The van der Waals surface area contributed by atoms with Gasteiger partial charge in [-0.2, -0.15) is 0 Å². The molecule has 8 heteroatoms. The maximum absolute atomic E-state index is 13.1. The van der Waals surface area contributed by atoms with Crippen molar-refractivity contribution in [3.63, 3.8) is 0 Å². The van der Waals surface area contributed by atoms with Gasteiger partial charge in [-0.25, -0.2) is 0 Å². The number of carbonyl (C=O) groups is 3. The number of rotatable bonds is 8. The fourth-order valence-electron chi connectivity index (χ4n) is 4.17. The van der Waals surface area contributed by atoms with Gasteiger partial charge in [-0.05, 0) is 48.0 Å². The predicted molar refractivity (Wildman–Crippen MR) is 138 cm³/mol. The highest BCUT2D eigenvalue weighted by molar-refractivity contribution is 6.30. The van der Waals surface area contributed by atoms with Crippen LogP contribution in [-0.4, -0.2) is 47.9 Å². The largest absolute Gasteiger partial charge is 0.490 e. The van der Waals surface area contributed by atoms with Crippen LogP contribution in [0.1, 0.15) is 39.1 Å². The van der Waals surface area contributed by atoms with Crippen molar-refractivity contribution in [1.82, 2.24) is 10.2 Å². The maximum Gasteiger partial charge on any atom is 0.253 e. The first kappa shape index (κ1) is 25.3. The highest BCUT2D eigenvalue weighted by Crippen LogP contribution is 2.22. The molecule has 1 fully saturated rings. The number of amides is 3. The molecule has 3 amide bonds. The Kier molecular flexibility index (Phi) is 8.23. The van der Waals surface area contributed by atoms with Crippen LogP contribution in [-0.2, 0) is 11.2 Å². The number of primary amides is 1. The zero-order valence-electron chi connectivity index (χ0n) is 19.7. The normalized spacial score (nSPS) is 14.6. The van der Waals surface area contributed by atoms with Crippen molar-refractivity contribution < 1.29 is 19.1 Å². The lowest BCUT2D eigenvalue weighted by Crippen LogP contribution is -2.46. The Balaban J connectivity index is 1.35. The second-order valence-corrected chi connectivity index (χ2v) is 9.20. The number of likely N-dealkylation sites (tertiary alicyclic amines) is 1. The molecule has 1 atom stereocenters. The van der Waals surface area contributed by atoms with Crippen LogP contribution in [0.5, 0.6) is 5.75 Å². The van der Waals surface area contributed by atoms with Gasteiger partial charge in [0.05, 0.1) is 0 Å². The number of benzene rings is 3. The number of nitrogens with two attached hydrogens (primary N) is 1. The molecule has 1 unspecified atom stereocenters. The van der Waals surface area contributed by atoms with Crippen LogP contribution >= 0.6 is 11.6 Å². The monoisotopic (exact) mass is 505 g/mol. The van der Waals surface area contributed by atoms with Crippen LogP contribution in [0, 0.1) is 0 Å². The molecule has 1 aliphatic heterocycles. The van der Waals surface area contributed by atoms with Crippen molar-refractivity contribution >= 4 is 29.3 Å². The molecule has 1 aliphatic rings. The summed E-state index contributed by atoms with van der Waals surface area (Å²) < 4.78 is 6.01. The molecule has 4 rings (SSSR count). The Hall–Kier alpha value is -3.84. The van der Waals surface area contributed by atoms with Crippen molar-refractivity contribution in [2.75, 3.05) is 13.1 Å². The van der Waals surface area contributed by atoms with Crippen molar-refractivity contribution in [1.29, 1.82) is 0 Å². The standard InChI is InChI=1S/C28H28ClN3O4/c29-22-9-11-23(12-10-22)36-24-13-15-32(16-14-24)28(35)21-8-4-7-20(18-21)27(34)31-25(26(30)33)17-19-5-2-1-3-6-19/h1-12,18,24-25H,13-17H2,(H2,30,33)(H,31,34). The van der Waals surface area contributed by atoms with Crippen molar-refractivity contribution in [3.05, 3.63) is 101 Å². The first-order chi connectivity index (χ1) is 17.4. The van der Waals surface area contributed by atoms with E-state index < -0.39 is 17.9 Å². The third-order valence-corrected chi connectivity index (χ3v) is 6.40. The van der Waals surface area contributed by atoms with E-state index >= 15 is 0 Å². The van der Waals surface area contributed by atoms with Gasteiger partial charge >= 0.3 is 0 Å². The molecule has 0 spiro atoms. The van der Waals surface area contributed by atoms with Gasteiger partial charge in [-0.3, -0.25) is 14.4 Å². The SMILES string of the molecule is NC(=O)C(Cc1ccccc1)NC(=O)c1cccc(C(=O)N2CCC(Oc3ccc(Cl)cc3)CC2)c1. The molecule has 3 aromatic rings. The number of piperidine rings is 1. The molecule has 0 aliphatic carbocycles. The van der Waals surface area contributed by atoms with Gasteiger partial charge in [-0.1, -0.05) is 48.0 Å². The molecule has 1 heterocycles. The first-order valence-electron chi connectivity index (χ1n) is 11.8. The molecule has 0 radical (unpaired) electrons. The average molecular weight is 506 g/mol. The van der Waals surface area contributed by atoms with E-state index in [0.29, 0.717) is 42.1 Å².